The van der Waals surface area contributed by atoms with Crippen LogP contribution < -0.4 is 11.1 Å². The number of phenols is 1. The monoisotopic (exact) mass is 294 g/mol. The van der Waals surface area contributed by atoms with Crippen molar-refractivity contribution in [2.24, 2.45) is 5.73 Å². The molecule has 0 heterocycles. The molecule has 2 aromatic carbocycles. The van der Waals surface area contributed by atoms with Crippen molar-refractivity contribution in [3.63, 3.8) is 0 Å². The summed E-state index contributed by atoms with van der Waals surface area (Å²) < 4.78 is 13.6. The number of carbonyl (C=O) groups is 1. The third kappa shape index (κ3) is 3.00. The molecule has 0 saturated carbocycles. The Hall–Kier alpha value is -2.27. The number of phenolic OH excluding ortho intramolecular Hbond substituents is 1. The molecule has 0 aliphatic heterocycles. The molecule has 0 bridgehead atoms. The number of nitrogens with two attached hydrogens (primary N) is 1. The lowest BCUT2D eigenvalue weighted by Crippen LogP contribution is -2.12. The van der Waals surface area contributed by atoms with Gasteiger partial charge in [-0.05, 0) is 24.3 Å². The number of benzene rings is 2. The maximum absolute atomic E-state index is 13.6. The zero-order valence-electron chi connectivity index (χ0n) is 10.4. The molecular formula is C14H12ClFN2O2. The second-order valence-electron chi connectivity index (χ2n) is 4.16. The van der Waals surface area contributed by atoms with E-state index in [0.29, 0.717) is 5.56 Å². The van der Waals surface area contributed by atoms with Gasteiger partial charge in [0.05, 0.1) is 10.7 Å². The summed E-state index contributed by atoms with van der Waals surface area (Å²) in [5.41, 5.74) is 5.98. The molecule has 4 nitrogen and oxygen atoms in total. The van der Waals surface area contributed by atoms with E-state index in [9.17, 15) is 14.3 Å². The van der Waals surface area contributed by atoms with Gasteiger partial charge in [0.25, 0.3) is 0 Å². The molecule has 0 saturated heterocycles. The Morgan fingerprint density at radius 2 is 2.10 bits per heavy atom. The molecule has 20 heavy (non-hydrogen) atoms. The number of aromatic hydroxyl groups is 1. The van der Waals surface area contributed by atoms with Crippen LogP contribution in [0.15, 0.2) is 36.4 Å². The van der Waals surface area contributed by atoms with Gasteiger partial charge in [-0.2, -0.15) is 0 Å². The van der Waals surface area contributed by atoms with Gasteiger partial charge in [-0.15, -0.1) is 0 Å². The highest BCUT2D eigenvalue weighted by Gasteiger charge is 2.09. The smallest absolute Gasteiger partial charge is 0.248 e. The summed E-state index contributed by atoms with van der Waals surface area (Å²) in [6.07, 6.45) is 0. The Labute approximate surface area is 120 Å². The lowest BCUT2D eigenvalue weighted by Gasteiger charge is -2.10. The fourth-order valence-electron chi connectivity index (χ4n) is 1.71. The second kappa shape index (κ2) is 5.79. The highest BCUT2D eigenvalue weighted by atomic mass is 35.5. The van der Waals surface area contributed by atoms with Crippen LogP contribution in [-0.4, -0.2) is 11.0 Å². The Kier molecular flexibility index (Phi) is 4.10. The predicted molar refractivity (Wildman–Crippen MR) is 75.4 cm³/mol. The third-order valence-electron chi connectivity index (χ3n) is 2.79. The standard InChI is InChI=1S/C14H12ClFN2O2/c15-10-3-1-2-9(13(10)19)7-18-12-6-8(14(17)20)4-5-11(12)16/h1-6,18-19H,7H2,(H2,17,20). The first-order chi connectivity index (χ1) is 9.49. The van der Waals surface area contributed by atoms with Gasteiger partial charge in [0.1, 0.15) is 11.6 Å². The summed E-state index contributed by atoms with van der Waals surface area (Å²) >= 11 is 5.78. The van der Waals surface area contributed by atoms with Gasteiger partial charge < -0.3 is 16.2 Å². The van der Waals surface area contributed by atoms with Crippen molar-refractivity contribution in [3.8, 4) is 5.75 Å². The normalized spacial score (nSPS) is 10.3. The van der Waals surface area contributed by atoms with Crippen molar-refractivity contribution >= 4 is 23.2 Å². The highest BCUT2D eigenvalue weighted by Crippen LogP contribution is 2.27. The van der Waals surface area contributed by atoms with Crippen LogP contribution in [0.1, 0.15) is 15.9 Å². The third-order valence-corrected chi connectivity index (χ3v) is 3.10. The summed E-state index contributed by atoms with van der Waals surface area (Å²) in [7, 11) is 0. The minimum absolute atomic E-state index is 0.0619. The molecule has 0 aliphatic rings. The number of halogens is 2. The lowest BCUT2D eigenvalue weighted by atomic mass is 10.1. The lowest BCUT2D eigenvalue weighted by molar-refractivity contribution is 0.100. The molecule has 104 valence electrons. The number of primary amides is 1. The SMILES string of the molecule is NC(=O)c1ccc(F)c(NCc2cccc(Cl)c2O)c1. The van der Waals surface area contributed by atoms with Crippen LogP contribution in [0.25, 0.3) is 0 Å². The fraction of sp³-hybridized carbons (Fsp3) is 0.0714. The molecular weight excluding hydrogens is 283 g/mol. The van der Waals surface area contributed by atoms with Crippen molar-refractivity contribution in [2.45, 2.75) is 6.54 Å². The average Bonchev–Trinajstić information content (AvgIpc) is 2.41. The molecule has 2 aromatic rings. The van der Waals surface area contributed by atoms with Crippen molar-refractivity contribution in [3.05, 3.63) is 58.4 Å². The average molecular weight is 295 g/mol. The van der Waals surface area contributed by atoms with Crippen LogP contribution in [0.4, 0.5) is 10.1 Å². The molecule has 0 unspecified atom stereocenters. The summed E-state index contributed by atoms with van der Waals surface area (Å²) in [6.45, 7) is 0.158. The maximum atomic E-state index is 13.6. The molecule has 0 spiro atoms. The zero-order valence-corrected chi connectivity index (χ0v) is 11.1. The number of rotatable bonds is 4. The second-order valence-corrected chi connectivity index (χ2v) is 4.57. The fourth-order valence-corrected chi connectivity index (χ4v) is 1.90. The van der Waals surface area contributed by atoms with E-state index >= 15 is 0 Å². The van der Waals surface area contributed by atoms with Gasteiger partial charge >= 0.3 is 0 Å². The largest absolute Gasteiger partial charge is 0.506 e. The van der Waals surface area contributed by atoms with Gasteiger partial charge in [0, 0.05) is 17.7 Å². The van der Waals surface area contributed by atoms with Gasteiger partial charge in [-0.3, -0.25) is 4.79 Å². The molecule has 4 N–H and O–H groups in total. The molecule has 0 fully saturated rings. The summed E-state index contributed by atoms with van der Waals surface area (Å²) in [5, 5.41) is 12.8. The summed E-state index contributed by atoms with van der Waals surface area (Å²) in [6, 6.07) is 8.66. The zero-order chi connectivity index (χ0) is 14.7. The van der Waals surface area contributed by atoms with E-state index in [1.807, 2.05) is 0 Å². The van der Waals surface area contributed by atoms with E-state index in [2.05, 4.69) is 5.32 Å². The first-order valence-electron chi connectivity index (χ1n) is 5.78. The minimum Gasteiger partial charge on any atom is -0.506 e. The molecule has 1 amide bonds. The molecule has 0 aliphatic carbocycles. The van der Waals surface area contributed by atoms with Crippen LogP contribution in [0.3, 0.4) is 0 Å². The molecule has 0 radical (unpaired) electrons. The minimum atomic E-state index is -0.640. The summed E-state index contributed by atoms with van der Waals surface area (Å²) in [4.78, 5) is 11.1. The first-order valence-corrected chi connectivity index (χ1v) is 6.16. The number of carbonyl (C=O) groups excluding carboxylic acids is 1. The Morgan fingerprint density at radius 3 is 2.80 bits per heavy atom. The summed E-state index contributed by atoms with van der Waals surface area (Å²) in [5.74, 6) is -1.22. The first kappa shape index (κ1) is 14.1. The number of amides is 1. The highest BCUT2D eigenvalue weighted by molar-refractivity contribution is 6.32. The quantitative estimate of drug-likeness (QED) is 0.811. The van der Waals surface area contributed by atoms with Crippen LogP contribution in [0, 0.1) is 5.82 Å². The number of nitrogens with one attached hydrogen (secondary N) is 1. The van der Waals surface area contributed by atoms with Crippen molar-refractivity contribution in [1.29, 1.82) is 0 Å². The number of anilines is 1. The molecule has 6 heteroatoms. The van der Waals surface area contributed by atoms with Crippen LogP contribution in [0.5, 0.6) is 5.75 Å². The van der Waals surface area contributed by atoms with Crippen LogP contribution >= 0.6 is 11.6 Å². The van der Waals surface area contributed by atoms with E-state index in [4.69, 9.17) is 17.3 Å². The number of para-hydroxylation sites is 1. The molecule has 2 rings (SSSR count). The van der Waals surface area contributed by atoms with Crippen molar-refractivity contribution in [2.75, 3.05) is 5.32 Å². The Balaban J connectivity index is 2.20. The van der Waals surface area contributed by atoms with Crippen molar-refractivity contribution in [1.82, 2.24) is 0 Å². The molecule has 0 atom stereocenters. The van der Waals surface area contributed by atoms with E-state index in [1.165, 1.54) is 12.1 Å². The maximum Gasteiger partial charge on any atom is 0.248 e. The van der Waals surface area contributed by atoms with E-state index < -0.39 is 11.7 Å². The van der Waals surface area contributed by atoms with E-state index in [-0.39, 0.29) is 28.6 Å². The number of hydrogen-bond acceptors (Lipinski definition) is 3. The Bertz CT molecular complexity index is 662. The van der Waals surface area contributed by atoms with Gasteiger partial charge in [0.15, 0.2) is 0 Å². The van der Waals surface area contributed by atoms with E-state index in [0.717, 1.165) is 6.07 Å². The topological polar surface area (TPSA) is 75.4 Å². The van der Waals surface area contributed by atoms with Crippen LogP contribution in [0.2, 0.25) is 5.02 Å². The van der Waals surface area contributed by atoms with Gasteiger partial charge in [0.2, 0.25) is 5.91 Å². The van der Waals surface area contributed by atoms with E-state index in [1.54, 1.807) is 18.2 Å². The Morgan fingerprint density at radius 1 is 1.35 bits per heavy atom. The van der Waals surface area contributed by atoms with Gasteiger partial charge in [-0.25, -0.2) is 4.39 Å². The van der Waals surface area contributed by atoms with Gasteiger partial charge in [-0.1, -0.05) is 23.7 Å². The predicted octanol–water partition coefficient (Wildman–Crippen LogP) is 2.90. The number of hydrogen-bond donors (Lipinski definition) is 3. The van der Waals surface area contributed by atoms with Crippen molar-refractivity contribution < 1.29 is 14.3 Å². The molecule has 0 aromatic heterocycles. The van der Waals surface area contributed by atoms with Crippen LogP contribution in [-0.2, 0) is 6.54 Å².